The van der Waals surface area contributed by atoms with Crippen molar-refractivity contribution < 1.29 is 14.5 Å². The van der Waals surface area contributed by atoms with E-state index < -0.39 is 4.92 Å². The largest absolute Gasteiger partial charge is 0.469 e. The molecule has 0 aliphatic heterocycles. The van der Waals surface area contributed by atoms with Crippen LogP contribution in [0.5, 0.6) is 0 Å². The number of rotatable bonds is 5. The lowest BCUT2D eigenvalue weighted by molar-refractivity contribution is -0.385. The van der Waals surface area contributed by atoms with Gasteiger partial charge >= 0.3 is 5.97 Å². The quantitative estimate of drug-likeness (QED) is 0.367. The zero-order chi connectivity index (χ0) is 15.9. The number of nitro benzene ring substituents is 1. The number of nitro groups is 1. The van der Waals surface area contributed by atoms with E-state index in [9.17, 15) is 14.9 Å². The number of hydrogen-bond donors (Lipinski definition) is 0. The molecule has 0 amide bonds. The van der Waals surface area contributed by atoms with Crippen LogP contribution >= 0.6 is 0 Å². The first-order valence-corrected chi connectivity index (χ1v) is 6.54. The minimum Gasteiger partial charge on any atom is -0.469 e. The average Bonchev–Trinajstić information content (AvgIpc) is 2.54. The molecule has 22 heavy (non-hydrogen) atoms. The van der Waals surface area contributed by atoms with Crippen LogP contribution in [0.2, 0.25) is 0 Å². The fourth-order valence-corrected chi connectivity index (χ4v) is 1.92. The molecule has 0 aliphatic carbocycles. The van der Waals surface area contributed by atoms with Gasteiger partial charge in [-0.25, -0.2) is 0 Å². The van der Waals surface area contributed by atoms with E-state index >= 15 is 0 Å². The third-order valence-electron chi connectivity index (χ3n) is 3.03. The molecule has 2 aromatic rings. The Kier molecular flexibility index (Phi) is 4.98. The van der Waals surface area contributed by atoms with Crippen molar-refractivity contribution in [3.63, 3.8) is 0 Å². The van der Waals surface area contributed by atoms with Gasteiger partial charge in [0, 0.05) is 12.3 Å². The normalized spacial score (nSPS) is 10.6. The second kappa shape index (κ2) is 7.12. The molecule has 0 N–H and O–H groups in total. The maximum atomic E-state index is 11.4. The summed E-state index contributed by atoms with van der Waals surface area (Å²) in [6.07, 6.45) is 1.52. The van der Waals surface area contributed by atoms with E-state index in [4.69, 9.17) is 0 Å². The van der Waals surface area contributed by atoms with Gasteiger partial charge < -0.3 is 4.74 Å². The number of aliphatic imine (C=N–C) groups is 1. The molecular formula is C16H14N2O4. The smallest absolute Gasteiger partial charge is 0.310 e. The van der Waals surface area contributed by atoms with Gasteiger partial charge in [0.05, 0.1) is 29.7 Å². The maximum Gasteiger partial charge on any atom is 0.310 e. The molecule has 0 fully saturated rings. The van der Waals surface area contributed by atoms with E-state index in [-0.39, 0.29) is 18.1 Å². The van der Waals surface area contributed by atoms with Crippen molar-refractivity contribution in [2.75, 3.05) is 7.11 Å². The number of hydrogen-bond acceptors (Lipinski definition) is 5. The standard InChI is InChI=1S/C16H14N2O4/c1-22-16(19)10-12-6-2-4-8-14(12)17-11-13-7-3-5-9-15(13)18(20)21/h2-9,11H,10H2,1H3. The summed E-state index contributed by atoms with van der Waals surface area (Å²) in [5.74, 6) is -0.367. The summed E-state index contributed by atoms with van der Waals surface area (Å²) in [7, 11) is 1.32. The number of para-hydroxylation sites is 2. The lowest BCUT2D eigenvalue weighted by atomic mass is 10.1. The summed E-state index contributed by atoms with van der Waals surface area (Å²) < 4.78 is 4.64. The summed E-state index contributed by atoms with van der Waals surface area (Å²) in [6.45, 7) is 0. The van der Waals surface area contributed by atoms with Gasteiger partial charge in [-0.3, -0.25) is 19.9 Å². The van der Waals surface area contributed by atoms with Gasteiger partial charge in [0.1, 0.15) is 0 Å². The molecule has 0 atom stereocenters. The van der Waals surface area contributed by atoms with Crippen LogP contribution < -0.4 is 0 Å². The van der Waals surface area contributed by atoms with Gasteiger partial charge in [-0.05, 0) is 17.7 Å². The van der Waals surface area contributed by atoms with Gasteiger partial charge in [0.25, 0.3) is 5.69 Å². The van der Waals surface area contributed by atoms with E-state index in [1.165, 1.54) is 19.4 Å². The Morgan fingerprint density at radius 2 is 1.91 bits per heavy atom. The first-order valence-electron chi connectivity index (χ1n) is 6.54. The second-order valence-corrected chi connectivity index (χ2v) is 4.46. The molecule has 0 radical (unpaired) electrons. The molecule has 0 aromatic heterocycles. The number of methoxy groups -OCH3 is 1. The fourth-order valence-electron chi connectivity index (χ4n) is 1.92. The van der Waals surface area contributed by atoms with Gasteiger partial charge in [-0.1, -0.05) is 30.3 Å². The van der Waals surface area contributed by atoms with Crippen molar-refractivity contribution in [1.82, 2.24) is 0 Å². The Labute approximate surface area is 127 Å². The van der Waals surface area contributed by atoms with E-state index in [0.29, 0.717) is 16.8 Å². The molecule has 2 aromatic carbocycles. The minimum absolute atomic E-state index is 0.0169. The van der Waals surface area contributed by atoms with Crippen LogP contribution in [0.15, 0.2) is 53.5 Å². The first-order chi connectivity index (χ1) is 10.6. The topological polar surface area (TPSA) is 81.8 Å². The van der Waals surface area contributed by atoms with Gasteiger partial charge in [-0.15, -0.1) is 0 Å². The highest BCUT2D eigenvalue weighted by Gasteiger charge is 2.11. The summed E-state index contributed by atoms with van der Waals surface area (Å²) in [5.41, 5.74) is 1.66. The second-order valence-electron chi connectivity index (χ2n) is 4.46. The number of benzene rings is 2. The van der Waals surface area contributed by atoms with Crippen LogP contribution in [0.1, 0.15) is 11.1 Å². The first kappa shape index (κ1) is 15.4. The van der Waals surface area contributed by atoms with E-state index in [1.54, 1.807) is 42.5 Å². The Hall–Kier alpha value is -3.02. The third kappa shape index (κ3) is 3.76. The molecule has 0 saturated heterocycles. The van der Waals surface area contributed by atoms with Crippen molar-refractivity contribution in [1.29, 1.82) is 0 Å². The van der Waals surface area contributed by atoms with Crippen LogP contribution in [0.4, 0.5) is 11.4 Å². The van der Waals surface area contributed by atoms with E-state index in [2.05, 4.69) is 9.73 Å². The number of ether oxygens (including phenoxy) is 1. The summed E-state index contributed by atoms with van der Waals surface area (Å²) in [6, 6.07) is 13.4. The van der Waals surface area contributed by atoms with Gasteiger partial charge in [0.15, 0.2) is 0 Å². The monoisotopic (exact) mass is 298 g/mol. The minimum atomic E-state index is -0.457. The maximum absolute atomic E-state index is 11.4. The number of carbonyl (C=O) groups excluding carboxylic acids is 1. The SMILES string of the molecule is COC(=O)Cc1ccccc1N=Cc1ccccc1[N+](=O)[O-]. The molecule has 6 heteroatoms. The number of carbonyl (C=O) groups is 1. The van der Waals surface area contributed by atoms with Crippen molar-refractivity contribution in [3.8, 4) is 0 Å². The summed E-state index contributed by atoms with van der Waals surface area (Å²) in [5, 5.41) is 11.0. The predicted molar refractivity (Wildman–Crippen MR) is 82.5 cm³/mol. The summed E-state index contributed by atoms with van der Waals surface area (Å²) in [4.78, 5) is 26.2. The molecule has 112 valence electrons. The third-order valence-corrected chi connectivity index (χ3v) is 3.03. The molecular weight excluding hydrogens is 284 g/mol. The molecule has 0 heterocycles. The highest BCUT2D eigenvalue weighted by molar-refractivity contribution is 5.87. The highest BCUT2D eigenvalue weighted by atomic mass is 16.6. The molecule has 2 rings (SSSR count). The van der Waals surface area contributed by atoms with Crippen molar-refractivity contribution in [2.45, 2.75) is 6.42 Å². The highest BCUT2D eigenvalue weighted by Crippen LogP contribution is 2.21. The Balaban J connectivity index is 2.31. The lowest BCUT2D eigenvalue weighted by Crippen LogP contribution is -2.04. The summed E-state index contributed by atoms with van der Waals surface area (Å²) >= 11 is 0. The number of nitrogens with zero attached hydrogens (tertiary/aromatic N) is 2. The molecule has 0 unspecified atom stereocenters. The Morgan fingerprint density at radius 1 is 1.23 bits per heavy atom. The van der Waals surface area contributed by atoms with Crippen LogP contribution in [0.25, 0.3) is 0 Å². The van der Waals surface area contributed by atoms with Crippen molar-refractivity contribution in [2.24, 2.45) is 4.99 Å². The fraction of sp³-hybridized carbons (Fsp3) is 0.125. The van der Waals surface area contributed by atoms with Crippen molar-refractivity contribution >= 4 is 23.6 Å². The van der Waals surface area contributed by atoms with Gasteiger partial charge in [-0.2, -0.15) is 0 Å². The van der Waals surface area contributed by atoms with E-state index in [0.717, 1.165) is 0 Å². The Bertz CT molecular complexity index is 726. The molecule has 0 aliphatic rings. The predicted octanol–water partition coefficient (Wildman–Crippen LogP) is 3.06. The zero-order valence-electron chi connectivity index (χ0n) is 11.9. The molecule has 6 nitrogen and oxygen atoms in total. The van der Waals surface area contributed by atoms with Crippen LogP contribution in [0.3, 0.4) is 0 Å². The number of esters is 1. The van der Waals surface area contributed by atoms with Gasteiger partial charge in [0.2, 0.25) is 0 Å². The average molecular weight is 298 g/mol. The van der Waals surface area contributed by atoms with Crippen LogP contribution in [-0.4, -0.2) is 24.2 Å². The molecule has 0 spiro atoms. The Morgan fingerprint density at radius 3 is 2.64 bits per heavy atom. The molecule has 0 saturated carbocycles. The van der Waals surface area contributed by atoms with E-state index in [1.807, 2.05) is 0 Å². The lowest BCUT2D eigenvalue weighted by Gasteiger charge is -2.04. The zero-order valence-corrected chi connectivity index (χ0v) is 11.9. The molecule has 0 bridgehead atoms. The van der Waals surface area contributed by atoms with Crippen molar-refractivity contribution in [3.05, 3.63) is 69.8 Å². The van der Waals surface area contributed by atoms with Crippen LogP contribution in [0, 0.1) is 10.1 Å². The van der Waals surface area contributed by atoms with Crippen LogP contribution in [-0.2, 0) is 16.0 Å².